The van der Waals surface area contributed by atoms with Gasteiger partial charge in [-0.25, -0.2) is 5.01 Å². The number of carbonyl (C=O) groups excluding carboxylic acids is 1. The molecule has 1 amide bonds. The maximum atomic E-state index is 12.0. The summed E-state index contributed by atoms with van der Waals surface area (Å²) in [6, 6.07) is 0. The number of hydrogen-bond acceptors (Lipinski definition) is 2. The van der Waals surface area contributed by atoms with Crippen LogP contribution in [0.2, 0.25) is 0 Å². The van der Waals surface area contributed by atoms with Gasteiger partial charge in [0.15, 0.2) is 4.33 Å². The summed E-state index contributed by atoms with van der Waals surface area (Å²) in [4.78, 5) is 12.0. The summed E-state index contributed by atoms with van der Waals surface area (Å²) in [5.74, 6) is -0.480. The smallest absolute Gasteiger partial charge is 0.270 e. The van der Waals surface area contributed by atoms with Crippen molar-refractivity contribution in [2.75, 3.05) is 20.6 Å². The molecule has 0 aliphatic rings. The number of halogens is 2. The molecule has 0 saturated carbocycles. The van der Waals surface area contributed by atoms with Gasteiger partial charge in [-0.1, -0.05) is 43.1 Å². The number of amides is 1. The Labute approximate surface area is 102 Å². The molecule has 0 radical (unpaired) electrons. The molecule has 0 aromatic rings. The van der Waals surface area contributed by atoms with Gasteiger partial charge in [-0.15, -0.1) is 6.58 Å². The quantitative estimate of drug-likeness (QED) is 0.426. The molecule has 0 fully saturated rings. The molecule has 0 aromatic carbocycles. The molecule has 5 heteroatoms. The van der Waals surface area contributed by atoms with E-state index < -0.39 is 4.33 Å². The molecule has 0 aliphatic carbocycles. The van der Waals surface area contributed by atoms with Gasteiger partial charge >= 0.3 is 0 Å². The second-order valence-corrected chi connectivity index (χ2v) is 5.19. The fraction of sp³-hybridized carbons (Fsp3) is 0.700. The van der Waals surface area contributed by atoms with Crippen LogP contribution in [0.5, 0.6) is 0 Å². The van der Waals surface area contributed by atoms with Crippen molar-refractivity contribution in [3.8, 4) is 0 Å². The van der Waals surface area contributed by atoms with Crippen molar-refractivity contribution in [2.45, 2.75) is 18.2 Å². The molecule has 88 valence electrons. The Balaban J connectivity index is 4.85. The second kappa shape index (κ2) is 5.73. The van der Waals surface area contributed by atoms with Gasteiger partial charge in [0.05, 0.1) is 6.54 Å². The van der Waals surface area contributed by atoms with Crippen molar-refractivity contribution >= 4 is 29.1 Å². The molecule has 15 heavy (non-hydrogen) atoms. The van der Waals surface area contributed by atoms with Crippen LogP contribution >= 0.6 is 23.2 Å². The lowest BCUT2D eigenvalue weighted by Gasteiger charge is -2.34. The summed E-state index contributed by atoms with van der Waals surface area (Å²) in [7, 11) is 3.51. The topological polar surface area (TPSA) is 23.6 Å². The van der Waals surface area contributed by atoms with Gasteiger partial charge in [0.2, 0.25) is 0 Å². The zero-order valence-corrected chi connectivity index (χ0v) is 11.1. The molecule has 0 aliphatic heterocycles. The fourth-order valence-electron chi connectivity index (χ4n) is 0.969. The Bertz CT molecular complexity index is 240. The summed E-state index contributed by atoms with van der Waals surface area (Å²) in [5, 5.41) is 3.10. The first-order valence-corrected chi connectivity index (χ1v) is 5.48. The highest BCUT2D eigenvalue weighted by molar-refractivity contribution is 6.58. The molecule has 0 saturated heterocycles. The molecule has 0 aromatic heterocycles. The Kier molecular flexibility index (Phi) is 5.63. The standard InChI is InChI=1S/C10H18Cl2N2O/c1-6-7-14(13(4)5)9(15)10(11,12)8(2)3/h6,8H,1,7H2,2-5H3. The zero-order chi connectivity index (χ0) is 12.2. The van der Waals surface area contributed by atoms with Crippen LogP contribution in [0.1, 0.15) is 13.8 Å². The summed E-state index contributed by atoms with van der Waals surface area (Å²) in [6.07, 6.45) is 1.63. The minimum absolute atomic E-state index is 0.152. The normalized spacial score (nSPS) is 12.0. The van der Waals surface area contributed by atoms with Crippen LogP contribution in [0.15, 0.2) is 12.7 Å². The van der Waals surface area contributed by atoms with E-state index in [-0.39, 0.29) is 11.8 Å². The lowest BCUT2D eigenvalue weighted by atomic mass is 10.1. The number of rotatable bonds is 5. The van der Waals surface area contributed by atoms with Crippen LogP contribution in [0.3, 0.4) is 0 Å². The lowest BCUT2D eigenvalue weighted by molar-refractivity contribution is -0.145. The highest BCUT2D eigenvalue weighted by Crippen LogP contribution is 2.32. The Morgan fingerprint density at radius 3 is 2.20 bits per heavy atom. The van der Waals surface area contributed by atoms with E-state index >= 15 is 0 Å². The molecule has 0 spiro atoms. The molecule has 0 unspecified atom stereocenters. The van der Waals surface area contributed by atoms with E-state index in [1.807, 2.05) is 0 Å². The Hall–Kier alpha value is -0.250. The Morgan fingerprint density at radius 1 is 1.47 bits per heavy atom. The molecule has 0 bridgehead atoms. The average Bonchev–Trinajstić information content (AvgIpc) is 2.12. The predicted molar refractivity (Wildman–Crippen MR) is 64.9 cm³/mol. The van der Waals surface area contributed by atoms with E-state index in [0.29, 0.717) is 6.54 Å². The summed E-state index contributed by atoms with van der Waals surface area (Å²) in [5.41, 5.74) is 0. The van der Waals surface area contributed by atoms with Crippen LogP contribution in [0, 0.1) is 5.92 Å². The van der Waals surface area contributed by atoms with E-state index in [1.54, 1.807) is 39.0 Å². The van der Waals surface area contributed by atoms with Crippen LogP contribution in [-0.4, -0.2) is 40.9 Å². The van der Waals surface area contributed by atoms with Gasteiger partial charge in [-0.3, -0.25) is 9.80 Å². The molecule has 0 N–H and O–H groups in total. The average molecular weight is 253 g/mol. The van der Waals surface area contributed by atoms with Crippen molar-refractivity contribution in [3.05, 3.63) is 12.7 Å². The molecular weight excluding hydrogens is 235 g/mol. The molecule has 3 nitrogen and oxygen atoms in total. The second-order valence-electron chi connectivity index (χ2n) is 3.80. The SMILES string of the molecule is C=CCN(C(=O)C(Cl)(Cl)C(C)C)N(C)C. The minimum atomic E-state index is -1.40. The highest BCUT2D eigenvalue weighted by atomic mass is 35.5. The summed E-state index contributed by atoms with van der Waals surface area (Å²) in [6.45, 7) is 7.58. The molecule has 0 heterocycles. The van der Waals surface area contributed by atoms with Crippen molar-refractivity contribution in [2.24, 2.45) is 5.92 Å². The first kappa shape index (κ1) is 14.8. The van der Waals surface area contributed by atoms with Gasteiger partial charge in [0, 0.05) is 14.1 Å². The lowest BCUT2D eigenvalue weighted by Crippen LogP contribution is -2.50. The van der Waals surface area contributed by atoms with Gasteiger partial charge in [-0.05, 0) is 5.92 Å². The number of nitrogens with zero attached hydrogens (tertiary/aromatic N) is 2. The maximum absolute atomic E-state index is 12.0. The zero-order valence-electron chi connectivity index (χ0n) is 9.63. The first-order chi connectivity index (χ1) is 6.75. The van der Waals surface area contributed by atoms with Gasteiger partial charge in [-0.2, -0.15) is 0 Å². The Morgan fingerprint density at radius 2 is 1.93 bits per heavy atom. The highest BCUT2D eigenvalue weighted by Gasteiger charge is 2.40. The number of alkyl halides is 2. The van der Waals surface area contributed by atoms with Crippen LogP contribution in [-0.2, 0) is 4.79 Å². The van der Waals surface area contributed by atoms with E-state index in [9.17, 15) is 4.79 Å². The maximum Gasteiger partial charge on any atom is 0.273 e. The van der Waals surface area contributed by atoms with E-state index in [1.165, 1.54) is 5.01 Å². The third-order valence-corrected chi connectivity index (χ3v) is 3.23. The summed E-state index contributed by atoms with van der Waals surface area (Å²) < 4.78 is -1.40. The predicted octanol–water partition coefficient (Wildman–Crippen LogP) is 2.31. The van der Waals surface area contributed by atoms with Crippen molar-refractivity contribution in [3.63, 3.8) is 0 Å². The van der Waals surface area contributed by atoms with Crippen LogP contribution in [0.4, 0.5) is 0 Å². The minimum Gasteiger partial charge on any atom is -0.270 e. The van der Waals surface area contributed by atoms with Crippen molar-refractivity contribution < 1.29 is 4.79 Å². The fourth-order valence-corrected chi connectivity index (χ4v) is 1.16. The number of carbonyl (C=O) groups is 1. The number of hydrazine groups is 1. The van der Waals surface area contributed by atoms with Gasteiger partial charge < -0.3 is 0 Å². The molecular formula is C10H18Cl2N2O. The van der Waals surface area contributed by atoms with Crippen molar-refractivity contribution in [1.29, 1.82) is 0 Å². The number of hydrogen-bond donors (Lipinski definition) is 0. The monoisotopic (exact) mass is 252 g/mol. The van der Waals surface area contributed by atoms with E-state index in [0.717, 1.165) is 0 Å². The third-order valence-electron chi connectivity index (χ3n) is 2.03. The van der Waals surface area contributed by atoms with Crippen molar-refractivity contribution in [1.82, 2.24) is 10.0 Å². The van der Waals surface area contributed by atoms with Gasteiger partial charge in [0.1, 0.15) is 0 Å². The molecule has 0 atom stereocenters. The van der Waals surface area contributed by atoms with E-state index in [2.05, 4.69) is 6.58 Å². The van der Waals surface area contributed by atoms with Crippen LogP contribution in [0.25, 0.3) is 0 Å². The first-order valence-electron chi connectivity index (χ1n) is 4.73. The van der Waals surface area contributed by atoms with E-state index in [4.69, 9.17) is 23.2 Å². The molecule has 0 rings (SSSR count). The largest absolute Gasteiger partial charge is 0.273 e. The van der Waals surface area contributed by atoms with Gasteiger partial charge in [0.25, 0.3) is 5.91 Å². The summed E-state index contributed by atoms with van der Waals surface area (Å²) >= 11 is 12.0. The third kappa shape index (κ3) is 3.67. The van der Waals surface area contributed by atoms with Crippen LogP contribution < -0.4 is 0 Å².